The first kappa shape index (κ1) is 28.0. The average molecular weight is 287 g/mol. The lowest BCUT2D eigenvalue weighted by molar-refractivity contribution is 0.626. The van der Waals surface area contributed by atoms with Gasteiger partial charge in [-0.15, -0.1) is 0 Å². The van der Waals surface area contributed by atoms with Crippen molar-refractivity contribution in [3.8, 4) is 0 Å². The molecule has 20 heavy (non-hydrogen) atoms. The van der Waals surface area contributed by atoms with Crippen molar-refractivity contribution in [1.82, 2.24) is 0 Å². The van der Waals surface area contributed by atoms with E-state index in [1.165, 1.54) is 25.7 Å². The summed E-state index contributed by atoms with van der Waals surface area (Å²) < 4.78 is 0. The minimum Gasteiger partial charge on any atom is -0.0741 e. The van der Waals surface area contributed by atoms with Crippen LogP contribution in [-0.4, -0.2) is 0 Å². The quantitative estimate of drug-likeness (QED) is 0.456. The molecule has 0 spiro atoms. The highest BCUT2D eigenvalue weighted by atomic mass is 14.1. The van der Waals surface area contributed by atoms with Crippen molar-refractivity contribution in [2.45, 2.75) is 109 Å². The van der Waals surface area contributed by atoms with Gasteiger partial charge in [-0.05, 0) is 31.6 Å². The molecule has 0 saturated carbocycles. The second-order valence-corrected chi connectivity index (χ2v) is 5.68. The van der Waals surface area contributed by atoms with Crippen molar-refractivity contribution in [1.29, 1.82) is 0 Å². The molecular weight excluding hydrogens is 240 g/mol. The van der Waals surface area contributed by atoms with Gasteiger partial charge in [-0.25, -0.2) is 0 Å². The fourth-order valence-electron chi connectivity index (χ4n) is 1.43. The molecule has 0 aliphatic rings. The van der Waals surface area contributed by atoms with Gasteiger partial charge in [0.05, 0.1) is 0 Å². The van der Waals surface area contributed by atoms with Gasteiger partial charge in [-0.3, -0.25) is 0 Å². The van der Waals surface area contributed by atoms with Gasteiger partial charge in [0.15, 0.2) is 0 Å². The Hall–Kier alpha value is -0.260. The van der Waals surface area contributed by atoms with Gasteiger partial charge in [0, 0.05) is 0 Å². The van der Waals surface area contributed by atoms with Crippen LogP contribution in [0.15, 0.2) is 11.1 Å². The van der Waals surface area contributed by atoms with Crippen molar-refractivity contribution in [3.05, 3.63) is 11.1 Å². The molecule has 0 rings (SSSR count). The van der Waals surface area contributed by atoms with Crippen molar-refractivity contribution >= 4 is 0 Å². The van der Waals surface area contributed by atoms with Crippen LogP contribution in [0.4, 0.5) is 0 Å². The van der Waals surface area contributed by atoms with E-state index in [1.807, 2.05) is 13.8 Å². The Morgan fingerprint density at radius 1 is 0.750 bits per heavy atom. The normalized spacial score (nSPS) is 10.5. The lowest BCUT2D eigenvalue weighted by Gasteiger charge is -2.12. The smallest absolute Gasteiger partial charge is 0.0258 e. The largest absolute Gasteiger partial charge is 0.0741 e. The topological polar surface area (TPSA) is 0 Å². The number of hydrogen-bond donors (Lipinski definition) is 0. The standard InChI is InChI=1S/C10H20.C5H12.C3H8.C2H6/c1-6-9(5)10(7-2)8(3)4;1-4-5(2)3;1-3-2;1-2/h8H,6-7H2,1-5H3;5H,4H2,1-3H3;3H2,1-2H3;1-2H3/b10-9+;;;. The van der Waals surface area contributed by atoms with Gasteiger partial charge in [-0.2, -0.15) is 0 Å². The number of allylic oxidation sites excluding steroid dienone is 2. The van der Waals surface area contributed by atoms with Crippen molar-refractivity contribution in [2.24, 2.45) is 11.8 Å². The van der Waals surface area contributed by atoms with Crippen LogP contribution in [0.25, 0.3) is 0 Å². The molecule has 0 aromatic rings. The Kier molecular flexibility index (Phi) is 33.3. The molecule has 0 bridgehead atoms. The summed E-state index contributed by atoms with van der Waals surface area (Å²) >= 11 is 0. The molecule has 0 aromatic heterocycles. The molecule has 0 heterocycles. The zero-order chi connectivity index (χ0) is 17.1. The second-order valence-electron chi connectivity index (χ2n) is 5.68. The van der Waals surface area contributed by atoms with Gasteiger partial charge < -0.3 is 0 Å². The fraction of sp³-hybridized carbons (Fsp3) is 0.900. The highest BCUT2D eigenvalue weighted by Gasteiger charge is 2.02. The van der Waals surface area contributed by atoms with Crippen LogP contribution in [0.3, 0.4) is 0 Å². The minimum absolute atomic E-state index is 0.741. The third-order valence-corrected chi connectivity index (χ3v) is 2.97. The Labute approximate surface area is 132 Å². The Morgan fingerprint density at radius 3 is 1.10 bits per heavy atom. The van der Waals surface area contributed by atoms with E-state index < -0.39 is 0 Å². The zero-order valence-corrected chi connectivity index (χ0v) is 17.0. The van der Waals surface area contributed by atoms with Crippen LogP contribution in [0, 0.1) is 11.8 Å². The summed E-state index contributed by atoms with van der Waals surface area (Å²) in [6, 6.07) is 0. The van der Waals surface area contributed by atoms with Crippen LogP contribution in [-0.2, 0) is 0 Å². The van der Waals surface area contributed by atoms with E-state index in [0.29, 0.717) is 0 Å². The third kappa shape index (κ3) is 26.3. The lowest BCUT2D eigenvalue weighted by atomic mass is 9.95. The van der Waals surface area contributed by atoms with E-state index in [0.717, 1.165) is 11.8 Å². The summed E-state index contributed by atoms with van der Waals surface area (Å²) in [6.45, 7) is 26.2. The van der Waals surface area contributed by atoms with Gasteiger partial charge in [0.2, 0.25) is 0 Å². The first-order chi connectivity index (χ1) is 9.31. The van der Waals surface area contributed by atoms with Gasteiger partial charge in [0.1, 0.15) is 0 Å². The maximum absolute atomic E-state index is 2.28. The van der Waals surface area contributed by atoms with Crippen LogP contribution in [0.1, 0.15) is 109 Å². The molecule has 0 radical (unpaired) electrons. The van der Waals surface area contributed by atoms with Crippen LogP contribution in [0.2, 0.25) is 0 Å². The summed E-state index contributed by atoms with van der Waals surface area (Å²) in [4.78, 5) is 0. The molecule has 0 nitrogen and oxygen atoms in total. The molecular formula is C20H46. The van der Waals surface area contributed by atoms with Crippen LogP contribution < -0.4 is 0 Å². The van der Waals surface area contributed by atoms with E-state index in [9.17, 15) is 0 Å². The summed E-state index contributed by atoms with van der Waals surface area (Å²) in [5, 5.41) is 0. The fourth-order valence-corrected chi connectivity index (χ4v) is 1.43. The molecule has 0 fully saturated rings. The van der Waals surface area contributed by atoms with Crippen molar-refractivity contribution in [2.75, 3.05) is 0 Å². The molecule has 0 atom stereocenters. The average Bonchev–Trinajstić information content (AvgIpc) is 2.42. The maximum Gasteiger partial charge on any atom is -0.0258 e. The first-order valence-corrected chi connectivity index (χ1v) is 9.00. The molecule has 0 aromatic carbocycles. The summed E-state index contributed by atoms with van der Waals surface area (Å²) in [5.74, 6) is 1.62. The first-order valence-electron chi connectivity index (χ1n) is 9.00. The number of hydrogen-bond acceptors (Lipinski definition) is 0. The molecule has 0 N–H and O–H groups in total. The van der Waals surface area contributed by atoms with Crippen molar-refractivity contribution in [3.63, 3.8) is 0 Å². The second kappa shape index (κ2) is 23.8. The minimum atomic E-state index is 0.741. The highest BCUT2D eigenvalue weighted by Crippen LogP contribution is 2.19. The number of rotatable bonds is 4. The van der Waals surface area contributed by atoms with Crippen LogP contribution in [0.5, 0.6) is 0 Å². The highest BCUT2D eigenvalue weighted by molar-refractivity contribution is 5.13. The predicted octanol–water partition coefficient (Wildman–Crippen LogP) is 8.27. The monoisotopic (exact) mass is 286 g/mol. The molecule has 0 aliphatic carbocycles. The lowest BCUT2D eigenvalue weighted by Crippen LogP contribution is -1.95. The molecule has 0 unspecified atom stereocenters. The van der Waals surface area contributed by atoms with Crippen molar-refractivity contribution < 1.29 is 0 Å². The van der Waals surface area contributed by atoms with E-state index >= 15 is 0 Å². The SMILES string of the molecule is CC.CC/C(C)=C(\CC)C(C)C.CCC.CCC(C)C. The molecule has 0 aliphatic heterocycles. The van der Waals surface area contributed by atoms with Gasteiger partial charge in [-0.1, -0.05) is 100 Å². The maximum atomic E-state index is 2.28. The predicted molar refractivity (Wildman–Crippen MR) is 101 cm³/mol. The molecule has 0 saturated heterocycles. The van der Waals surface area contributed by atoms with Gasteiger partial charge >= 0.3 is 0 Å². The Morgan fingerprint density at radius 2 is 1.05 bits per heavy atom. The van der Waals surface area contributed by atoms with Crippen LogP contribution >= 0.6 is 0 Å². The molecule has 0 amide bonds. The summed E-state index contributed by atoms with van der Waals surface area (Å²) in [6.07, 6.45) is 4.98. The summed E-state index contributed by atoms with van der Waals surface area (Å²) in [5.41, 5.74) is 3.22. The van der Waals surface area contributed by atoms with Gasteiger partial charge in [0.25, 0.3) is 0 Å². The summed E-state index contributed by atoms with van der Waals surface area (Å²) in [7, 11) is 0. The molecule has 0 heteroatoms. The Bertz CT molecular complexity index is 172. The van der Waals surface area contributed by atoms with E-state index in [2.05, 4.69) is 69.2 Å². The zero-order valence-electron chi connectivity index (χ0n) is 17.0. The third-order valence-electron chi connectivity index (χ3n) is 2.97. The van der Waals surface area contributed by atoms with E-state index in [-0.39, 0.29) is 0 Å². The van der Waals surface area contributed by atoms with E-state index in [4.69, 9.17) is 0 Å². The molecule has 126 valence electrons. The van der Waals surface area contributed by atoms with E-state index in [1.54, 1.807) is 11.1 Å². The Balaban J connectivity index is -0.000000107.